The Hall–Kier alpha value is -0.640. The quantitative estimate of drug-likeness (QED) is 0.718. The summed E-state index contributed by atoms with van der Waals surface area (Å²) in [6.07, 6.45) is 0.959. The summed E-state index contributed by atoms with van der Waals surface area (Å²) in [5.41, 5.74) is -2.27. The molecule has 0 aliphatic carbocycles. The van der Waals surface area contributed by atoms with Crippen molar-refractivity contribution >= 4 is 11.8 Å². The van der Waals surface area contributed by atoms with E-state index in [1.165, 1.54) is 5.56 Å². The zero-order valence-electron chi connectivity index (χ0n) is 10.2. The van der Waals surface area contributed by atoms with Crippen LogP contribution in [0.25, 0.3) is 0 Å². The first-order chi connectivity index (χ1) is 7.78. The third-order valence-corrected chi connectivity index (χ3v) is 3.30. The van der Waals surface area contributed by atoms with E-state index in [0.29, 0.717) is 5.92 Å². The van der Waals surface area contributed by atoms with E-state index in [1.54, 1.807) is 19.1 Å². The summed E-state index contributed by atoms with van der Waals surface area (Å²) in [6.45, 7) is 5.82. The molecule has 1 unspecified atom stereocenters. The van der Waals surface area contributed by atoms with E-state index in [2.05, 4.69) is 13.8 Å². The van der Waals surface area contributed by atoms with E-state index in [1.807, 2.05) is 12.1 Å². The first kappa shape index (κ1) is 14.4. The first-order valence-electron chi connectivity index (χ1n) is 5.61. The Morgan fingerprint density at radius 3 is 2.00 bits per heavy atom. The molecule has 0 nitrogen and oxygen atoms in total. The zero-order chi connectivity index (χ0) is 13.1. The van der Waals surface area contributed by atoms with E-state index >= 15 is 0 Å². The van der Waals surface area contributed by atoms with Gasteiger partial charge in [-0.15, -0.1) is 0 Å². The van der Waals surface area contributed by atoms with Crippen LogP contribution in [0.4, 0.5) is 13.2 Å². The van der Waals surface area contributed by atoms with Crippen molar-refractivity contribution in [2.24, 2.45) is 5.92 Å². The van der Waals surface area contributed by atoms with Gasteiger partial charge in [0.2, 0.25) is 0 Å². The normalized spacial score (nSPS) is 14.1. The van der Waals surface area contributed by atoms with Gasteiger partial charge in [0.05, 0.1) is 0 Å². The molecule has 1 aromatic rings. The molecule has 0 heterocycles. The number of halogens is 3. The molecule has 1 aromatic carbocycles. The average Bonchev–Trinajstić information content (AvgIpc) is 2.15. The molecule has 17 heavy (non-hydrogen) atoms. The van der Waals surface area contributed by atoms with Crippen LogP contribution >= 0.6 is 11.8 Å². The Bertz CT molecular complexity index is 341. The fraction of sp³-hybridized carbons (Fsp3) is 0.538. The highest BCUT2D eigenvalue weighted by Gasteiger charge is 2.31. The molecule has 0 aliphatic rings. The minimum absolute atomic E-state index is 0.0296. The van der Waals surface area contributed by atoms with Crippen molar-refractivity contribution in [3.8, 4) is 0 Å². The molecule has 4 heteroatoms. The standard InChI is InChI=1S/C13H17F3S/c1-9(2)8-11-4-6-12(7-5-11)10(3)17-13(14,15)16/h4-7,9-10H,8H2,1-3H3. The van der Waals surface area contributed by atoms with Crippen LogP contribution in [-0.2, 0) is 6.42 Å². The minimum Gasteiger partial charge on any atom is -0.160 e. The van der Waals surface area contributed by atoms with Crippen molar-refractivity contribution in [1.82, 2.24) is 0 Å². The number of thioether (sulfide) groups is 1. The maximum atomic E-state index is 12.2. The fourth-order valence-electron chi connectivity index (χ4n) is 1.66. The van der Waals surface area contributed by atoms with Gasteiger partial charge in [0.15, 0.2) is 0 Å². The molecular formula is C13H17F3S. The van der Waals surface area contributed by atoms with Crippen LogP contribution in [0.15, 0.2) is 24.3 Å². The largest absolute Gasteiger partial charge is 0.442 e. The van der Waals surface area contributed by atoms with Gasteiger partial charge >= 0.3 is 5.51 Å². The fourth-order valence-corrected chi connectivity index (χ4v) is 2.36. The zero-order valence-corrected chi connectivity index (χ0v) is 11.0. The smallest absolute Gasteiger partial charge is 0.160 e. The average molecular weight is 262 g/mol. The molecule has 0 aliphatic heterocycles. The molecule has 96 valence electrons. The van der Waals surface area contributed by atoms with Gasteiger partial charge in [0.25, 0.3) is 0 Å². The Labute approximate surface area is 105 Å². The summed E-state index contributed by atoms with van der Waals surface area (Å²) in [5.74, 6) is 0.558. The Balaban J connectivity index is 2.67. The van der Waals surface area contributed by atoms with Gasteiger partial charge in [-0.25, -0.2) is 0 Å². The van der Waals surface area contributed by atoms with Crippen LogP contribution < -0.4 is 0 Å². The van der Waals surface area contributed by atoms with Crippen LogP contribution in [0.2, 0.25) is 0 Å². The summed E-state index contributed by atoms with van der Waals surface area (Å²) in [7, 11) is 0. The van der Waals surface area contributed by atoms with Crippen LogP contribution in [-0.4, -0.2) is 5.51 Å². The van der Waals surface area contributed by atoms with Gasteiger partial charge in [0, 0.05) is 5.25 Å². The summed E-state index contributed by atoms with van der Waals surface area (Å²) >= 11 is 0.0296. The maximum absolute atomic E-state index is 12.2. The molecule has 0 spiro atoms. The summed E-state index contributed by atoms with van der Waals surface area (Å²) in [4.78, 5) is 0. The van der Waals surface area contributed by atoms with E-state index in [4.69, 9.17) is 0 Å². The number of alkyl halides is 3. The second kappa shape index (κ2) is 5.80. The minimum atomic E-state index is -4.17. The molecule has 0 amide bonds. The van der Waals surface area contributed by atoms with Gasteiger partial charge < -0.3 is 0 Å². The predicted molar refractivity (Wildman–Crippen MR) is 67.0 cm³/mol. The Morgan fingerprint density at radius 2 is 1.59 bits per heavy atom. The predicted octanol–water partition coefficient (Wildman–Crippen LogP) is 5.20. The van der Waals surface area contributed by atoms with Gasteiger partial charge in [-0.1, -0.05) is 38.1 Å². The molecule has 1 atom stereocenters. The van der Waals surface area contributed by atoms with E-state index in [0.717, 1.165) is 12.0 Å². The number of hydrogen-bond donors (Lipinski definition) is 0. The van der Waals surface area contributed by atoms with Gasteiger partial charge in [-0.05, 0) is 42.2 Å². The van der Waals surface area contributed by atoms with Crippen LogP contribution in [0.5, 0.6) is 0 Å². The Morgan fingerprint density at radius 1 is 1.06 bits per heavy atom. The number of hydrogen-bond acceptors (Lipinski definition) is 1. The van der Waals surface area contributed by atoms with Crippen molar-refractivity contribution in [1.29, 1.82) is 0 Å². The van der Waals surface area contributed by atoms with Crippen molar-refractivity contribution < 1.29 is 13.2 Å². The third kappa shape index (κ3) is 5.48. The summed E-state index contributed by atoms with van der Waals surface area (Å²) in [6, 6.07) is 7.42. The number of rotatable bonds is 4. The van der Waals surface area contributed by atoms with E-state index in [-0.39, 0.29) is 11.8 Å². The molecule has 0 bridgehead atoms. The number of benzene rings is 1. The summed E-state index contributed by atoms with van der Waals surface area (Å²) in [5, 5.41) is -0.553. The second-order valence-electron chi connectivity index (χ2n) is 4.55. The molecule has 1 rings (SSSR count). The lowest BCUT2D eigenvalue weighted by Crippen LogP contribution is -2.04. The van der Waals surface area contributed by atoms with Crippen molar-refractivity contribution in [3.05, 3.63) is 35.4 Å². The molecular weight excluding hydrogens is 245 g/mol. The highest BCUT2D eigenvalue weighted by molar-refractivity contribution is 8.00. The highest BCUT2D eigenvalue weighted by atomic mass is 32.2. The van der Waals surface area contributed by atoms with E-state index < -0.39 is 10.8 Å². The molecule has 0 radical (unpaired) electrons. The first-order valence-corrected chi connectivity index (χ1v) is 6.49. The lowest BCUT2D eigenvalue weighted by atomic mass is 10.0. The van der Waals surface area contributed by atoms with Gasteiger partial charge in [-0.2, -0.15) is 13.2 Å². The molecule has 0 saturated heterocycles. The Kier molecular flexibility index (Phi) is 4.92. The lowest BCUT2D eigenvalue weighted by Gasteiger charge is -2.14. The topological polar surface area (TPSA) is 0 Å². The van der Waals surface area contributed by atoms with Crippen molar-refractivity contribution in [3.63, 3.8) is 0 Å². The van der Waals surface area contributed by atoms with Crippen molar-refractivity contribution in [2.75, 3.05) is 0 Å². The summed E-state index contributed by atoms with van der Waals surface area (Å²) < 4.78 is 36.6. The third-order valence-electron chi connectivity index (χ3n) is 2.40. The van der Waals surface area contributed by atoms with Crippen LogP contribution in [0, 0.1) is 5.92 Å². The highest BCUT2D eigenvalue weighted by Crippen LogP contribution is 2.41. The van der Waals surface area contributed by atoms with Gasteiger partial charge in [0.1, 0.15) is 0 Å². The van der Waals surface area contributed by atoms with Gasteiger partial charge in [-0.3, -0.25) is 0 Å². The molecule has 0 aromatic heterocycles. The van der Waals surface area contributed by atoms with Crippen LogP contribution in [0.1, 0.15) is 37.1 Å². The molecule has 0 saturated carbocycles. The monoisotopic (exact) mass is 262 g/mol. The molecule has 0 fully saturated rings. The molecule has 0 N–H and O–H groups in total. The van der Waals surface area contributed by atoms with Crippen LogP contribution in [0.3, 0.4) is 0 Å². The SMILES string of the molecule is CC(C)Cc1ccc(C(C)SC(F)(F)F)cc1. The second-order valence-corrected chi connectivity index (χ2v) is 5.95. The maximum Gasteiger partial charge on any atom is 0.442 e. The lowest BCUT2D eigenvalue weighted by molar-refractivity contribution is -0.0333. The van der Waals surface area contributed by atoms with Crippen molar-refractivity contribution in [2.45, 2.75) is 38.0 Å². The van der Waals surface area contributed by atoms with E-state index in [9.17, 15) is 13.2 Å².